The molecule has 158 valence electrons. The molecule has 0 radical (unpaired) electrons. The lowest BCUT2D eigenvalue weighted by Crippen LogP contribution is -2.23. The summed E-state index contributed by atoms with van der Waals surface area (Å²) >= 11 is 0. The van der Waals surface area contributed by atoms with Crippen molar-refractivity contribution in [1.82, 2.24) is 19.4 Å². The van der Waals surface area contributed by atoms with Gasteiger partial charge in [0, 0.05) is 34.8 Å². The maximum atomic E-state index is 6.35. The van der Waals surface area contributed by atoms with Gasteiger partial charge in [0.25, 0.3) is 0 Å². The zero-order valence-electron chi connectivity index (χ0n) is 18.1. The molecule has 0 saturated heterocycles. The van der Waals surface area contributed by atoms with Gasteiger partial charge in [0.1, 0.15) is 22.9 Å². The molecule has 1 saturated carbocycles. The van der Waals surface area contributed by atoms with Gasteiger partial charge in [-0.25, -0.2) is 15.0 Å². The molecule has 0 atom stereocenters. The van der Waals surface area contributed by atoms with Crippen LogP contribution in [-0.4, -0.2) is 19.4 Å². The number of anilines is 1. The van der Waals surface area contributed by atoms with Crippen LogP contribution in [0.3, 0.4) is 0 Å². The summed E-state index contributed by atoms with van der Waals surface area (Å²) < 4.78 is 2.15. The minimum absolute atomic E-state index is 0.478. The molecule has 0 bridgehead atoms. The molecule has 5 heteroatoms. The monoisotopic (exact) mass is 419 g/mol. The fourth-order valence-corrected chi connectivity index (χ4v) is 4.89. The Kier molecular flexibility index (Phi) is 4.42. The maximum absolute atomic E-state index is 6.35. The van der Waals surface area contributed by atoms with Crippen molar-refractivity contribution in [2.24, 2.45) is 5.92 Å². The number of hydrogen-bond donors (Lipinski definition) is 1. The Bertz CT molecular complexity index is 1430. The molecule has 0 aliphatic heterocycles. The first-order valence-corrected chi connectivity index (χ1v) is 11.3. The first-order chi connectivity index (χ1) is 15.7. The van der Waals surface area contributed by atoms with Crippen LogP contribution >= 0.6 is 0 Å². The number of pyridine rings is 1. The normalized spacial score (nSPS) is 18.2. The molecule has 6 rings (SSSR count). The molecule has 0 unspecified atom stereocenters. The molecule has 0 spiro atoms. The molecule has 3 aromatic heterocycles. The molecule has 2 N–H and O–H groups in total. The first kappa shape index (κ1) is 19.0. The van der Waals surface area contributed by atoms with Crippen LogP contribution in [0.5, 0.6) is 0 Å². The summed E-state index contributed by atoms with van der Waals surface area (Å²) in [5, 5.41) is 1.10. The SMILES string of the molecule is CC[C@H]1C[C@@H](c2nc(-c3ccc4ccc(-c5ccccc5)nc4c3)c3c(N)nccn32)C1. The second-order valence-corrected chi connectivity index (χ2v) is 8.76. The summed E-state index contributed by atoms with van der Waals surface area (Å²) in [6.45, 7) is 2.27. The maximum Gasteiger partial charge on any atom is 0.150 e. The third-order valence-corrected chi connectivity index (χ3v) is 6.82. The van der Waals surface area contributed by atoms with Crippen LogP contribution in [0.4, 0.5) is 5.82 Å². The minimum Gasteiger partial charge on any atom is -0.382 e. The summed E-state index contributed by atoms with van der Waals surface area (Å²) in [6.07, 6.45) is 7.37. The zero-order chi connectivity index (χ0) is 21.7. The number of imidazole rings is 1. The number of hydrogen-bond acceptors (Lipinski definition) is 4. The van der Waals surface area contributed by atoms with Gasteiger partial charge in [0.05, 0.1) is 11.2 Å². The Morgan fingerprint density at radius 2 is 1.78 bits per heavy atom. The van der Waals surface area contributed by atoms with Gasteiger partial charge in [-0.3, -0.25) is 4.40 Å². The van der Waals surface area contributed by atoms with E-state index in [1.165, 1.54) is 19.3 Å². The van der Waals surface area contributed by atoms with Gasteiger partial charge >= 0.3 is 0 Å². The van der Waals surface area contributed by atoms with E-state index in [1.807, 2.05) is 24.4 Å². The van der Waals surface area contributed by atoms with E-state index in [0.717, 1.165) is 50.7 Å². The number of nitrogens with zero attached hydrogens (tertiary/aromatic N) is 4. The summed E-state index contributed by atoms with van der Waals surface area (Å²) in [4.78, 5) is 14.4. The lowest BCUT2D eigenvalue weighted by atomic mass is 9.73. The van der Waals surface area contributed by atoms with E-state index in [2.05, 4.69) is 58.8 Å². The van der Waals surface area contributed by atoms with Crippen LogP contribution in [0.25, 0.3) is 38.9 Å². The smallest absolute Gasteiger partial charge is 0.150 e. The highest BCUT2D eigenvalue weighted by Gasteiger charge is 2.33. The molecular formula is C27H25N5. The summed E-state index contributed by atoms with van der Waals surface area (Å²) in [5.74, 6) is 2.89. The number of nitrogens with two attached hydrogens (primary N) is 1. The van der Waals surface area contributed by atoms with E-state index < -0.39 is 0 Å². The van der Waals surface area contributed by atoms with Crippen molar-refractivity contribution in [3.05, 3.63) is 78.9 Å². The van der Waals surface area contributed by atoms with Gasteiger partial charge in [0.2, 0.25) is 0 Å². The van der Waals surface area contributed by atoms with Crippen LogP contribution in [0.1, 0.15) is 37.9 Å². The fraction of sp³-hybridized carbons (Fsp3) is 0.222. The van der Waals surface area contributed by atoms with Crippen LogP contribution in [0.2, 0.25) is 0 Å². The number of fused-ring (bicyclic) bond motifs is 2. The number of nitrogen functional groups attached to an aromatic ring is 1. The van der Waals surface area contributed by atoms with Gasteiger partial charge in [-0.15, -0.1) is 0 Å². The van der Waals surface area contributed by atoms with Crippen molar-refractivity contribution in [3.8, 4) is 22.5 Å². The van der Waals surface area contributed by atoms with Gasteiger partial charge in [-0.2, -0.15) is 0 Å². The van der Waals surface area contributed by atoms with Crippen molar-refractivity contribution in [2.45, 2.75) is 32.1 Å². The quantitative estimate of drug-likeness (QED) is 0.382. The fourth-order valence-electron chi connectivity index (χ4n) is 4.89. The van der Waals surface area contributed by atoms with Gasteiger partial charge < -0.3 is 5.73 Å². The van der Waals surface area contributed by atoms with Crippen LogP contribution in [-0.2, 0) is 0 Å². The molecular weight excluding hydrogens is 394 g/mol. The van der Waals surface area contributed by atoms with Crippen molar-refractivity contribution in [1.29, 1.82) is 0 Å². The van der Waals surface area contributed by atoms with E-state index >= 15 is 0 Å². The van der Waals surface area contributed by atoms with Crippen molar-refractivity contribution in [2.75, 3.05) is 5.73 Å². The van der Waals surface area contributed by atoms with E-state index in [-0.39, 0.29) is 0 Å². The first-order valence-electron chi connectivity index (χ1n) is 11.3. The molecule has 3 heterocycles. The second-order valence-electron chi connectivity index (χ2n) is 8.76. The van der Waals surface area contributed by atoms with E-state index in [4.69, 9.17) is 15.7 Å². The van der Waals surface area contributed by atoms with E-state index in [9.17, 15) is 0 Å². The molecule has 0 amide bonds. The average molecular weight is 420 g/mol. The highest BCUT2D eigenvalue weighted by Crippen LogP contribution is 2.44. The summed E-state index contributed by atoms with van der Waals surface area (Å²) in [7, 11) is 0. The van der Waals surface area contributed by atoms with Gasteiger partial charge in [-0.05, 0) is 30.9 Å². The van der Waals surface area contributed by atoms with Crippen LogP contribution in [0, 0.1) is 5.92 Å². The molecule has 1 fully saturated rings. The average Bonchev–Trinajstić information content (AvgIpc) is 3.19. The third-order valence-electron chi connectivity index (χ3n) is 6.82. The lowest BCUT2D eigenvalue weighted by molar-refractivity contribution is 0.247. The largest absolute Gasteiger partial charge is 0.382 e. The Labute approximate surface area is 187 Å². The highest BCUT2D eigenvalue weighted by molar-refractivity contribution is 5.91. The predicted molar refractivity (Wildman–Crippen MR) is 129 cm³/mol. The molecule has 5 nitrogen and oxygen atoms in total. The standard InChI is InChI=1S/C27H25N5/c1-2-17-14-21(15-17)27-31-24(25-26(28)29-12-13-32(25)27)20-9-8-19-10-11-22(30-23(19)16-20)18-6-4-3-5-7-18/h3-13,16-17,21H,2,14-15H2,1H3,(H2,28,29)/t17-,21+. The van der Waals surface area contributed by atoms with Gasteiger partial charge in [-0.1, -0.05) is 61.9 Å². The number of rotatable bonds is 4. The third kappa shape index (κ3) is 3.04. The Morgan fingerprint density at radius 3 is 2.59 bits per heavy atom. The van der Waals surface area contributed by atoms with Crippen molar-refractivity contribution < 1.29 is 0 Å². The summed E-state index contributed by atoms with van der Waals surface area (Å²) in [5.41, 5.74) is 12.2. The van der Waals surface area contributed by atoms with E-state index in [0.29, 0.717) is 11.7 Å². The van der Waals surface area contributed by atoms with E-state index in [1.54, 1.807) is 6.20 Å². The molecule has 32 heavy (non-hydrogen) atoms. The van der Waals surface area contributed by atoms with Crippen LogP contribution < -0.4 is 5.73 Å². The molecule has 1 aliphatic rings. The molecule has 1 aliphatic carbocycles. The minimum atomic E-state index is 0.478. The molecule has 5 aromatic rings. The van der Waals surface area contributed by atoms with Gasteiger partial charge in [0.15, 0.2) is 0 Å². The topological polar surface area (TPSA) is 69.1 Å². The highest BCUT2D eigenvalue weighted by atomic mass is 15.1. The molecule has 2 aromatic carbocycles. The summed E-state index contributed by atoms with van der Waals surface area (Å²) in [6, 6.07) is 20.8. The second kappa shape index (κ2) is 7.45. The number of aromatic nitrogens is 4. The Morgan fingerprint density at radius 1 is 0.969 bits per heavy atom. The Balaban J connectivity index is 1.49. The van der Waals surface area contributed by atoms with Crippen LogP contribution in [0.15, 0.2) is 73.1 Å². The lowest BCUT2D eigenvalue weighted by Gasteiger charge is -2.33. The van der Waals surface area contributed by atoms with Crippen molar-refractivity contribution in [3.63, 3.8) is 0 Å². The van der Waals surface area contributed by atoms with Crippen molar-refractivity contribution >= 4 is 22.2 Å². The number of benzene rings is 2. The predicted octanol–water partition coefficient (Wildman–Crippen LogP) is 6.10. The zero-order valence-corrected chi connectivity index (χ0v) is 18.1. The Hall–Kier alpha value is -3.73.